The van der Waals surface area contributed by atoms with Gasteiger partial charge in [0.25, 0.3) is 0 Å². The van der Waals surface area contributed by atoms with Crippen LogP contribution in [0.2, 0.25) is 0 Å². The minimum absolute atomic E-state index is 0.0732. The second kappa shape index (κ2) is 6.64. The SMILES string of the molecule is CCOC(=O)[C@H]1CCC[C@H]1c1cc(OC)ccc1OC. The number of carbonyl (C=O) groups excluding carboxylic acids is 1. The number of hydrogen-bond donors (Lipinski definition) is 0. The molecule has 1 aliphatic carbocycles. The molecule has 4 nitrogen and oxygen atoms in total. The molecule has 0 bridgehead atoms. The maximum atomic E-state index is 12.1. The van der Waals surface area contributed by atoms with Crippen LogP contribution in [0.5, 0.6) is 11.5 Å². The average molecular weight is 278 g/mol. The number of benzene rings is 1. The number of ether oxygens (including phenoxy) is 3. The van der Waals surface area contributed by atoms with Gasteiger partial charge in [-0.2, -0.15) is 0 Å². The lowest BCUT2D eigenvalue weighted by Gasteiger charge is -2.21. The van der Waals surface area contributed by atoms with E-state index >= 15 is 0 Å². The van der Waals surface area contributed by atoms with E-state index in [0.717, 1.165) is 36.3 Å². The molecule has 1 fully saturated rings. The standard InChI is InChI=1S/C16H22O4/c1-4-20-16(17)13-7-5-6-12(13)14-10-11(18-2)8-9-15(14)19-3/h8-10,12-13H,4-7H2,1-3H3/t12-,13+/m1/s1. The van der Waals surface area contributed by atoms with Gasteiger partial charge in [0.05, 0.1) is 26.7 Å². The van der Waals surface area contributed by atoms with Gasteiger partial charge < -0.3 is 14.2 Å². The van der Waals surface area contributed by atoms with Crippen molar-refractivity contribution >= 4 is 5.97 Å². The van der Waals surface area contributed by atoms with Gasteiger partial charge >= 0.3 is 5.97 Å². The Morgan fingerprint density at radius 1 is 1.25 bits per heavy atom. The lowest BCUT2D eigenvalue weighted by Crippen LogP contribution is -2.20. The van der Waals surface area contributed by atoms with E-state index in [-0.39, 0.29) is 17.8 Å². The molecule has 0 amide bonds. The molecule has 0 aliphatic heterocycles. The van der Waals surface area contributed by atoms with E-state index < -0.39 is 0 Å². The largest absolute Gasteiger partial charge is 0.497 e. The Balaban J connectivity index is 2.31. The van der Waals surface area contributed by atoms with Gasteiger partial charge in [-0.15, -0.1) is 0 Å². The van der Waals surface area contributed by atoms with Crippen LogP contribution in [-0.4, -0.2) is 26.8 Å². The number of rotatable bonds is 5. The summed E-state index contributed by atoms with van der Waals surface area (Å²) >= 11 is 0. The fourth-order valence-electron chi connectivity index (χ4n) is 2.99. The van der Waals surface area contributed by atoms with Crippen LogP contribution in [0, 0.1) is 5.92 Å². The monoisotopic (exact) mass is 278 g/mol. The first kappa shape index (κ1) is 14.7. The second-order valence-electron chi connectivity index (χ2n) is 5.00. The van der Waals surface area contributed by atoms with Gasteiger partial charge in [0.2, 0.25) is 0 Å². The molecule has 0 N–H and O–H groups in total. The van der Waals surface area contributed by atoms with Crippen molar-refractivity contribution in [2.24, 2.45) is 5.92 Å². The molecule has 110 valence electrons. The minimum Gasteiger partial charge on any atom is -0.497 e. The molecule has 0 unspecified atom stereocenters. The molecule has 4 heteroatoms. The highest BCUT2D eigenvalue weighted by molar-refractivity contribution is 5.74. The molecular formula is C16H22O4. The molecule has 20 heavy (non-hydrogen) atoms. The van der Waals surface area contributed by atoms with Crippen molar-refractivity contribution in [1.29, 1.82) is 0 Å². The average Bonchev–Trinajstić information content (AvgIpc) is 2.96. The fourth-order valence-corrected chi connectivity index (χ4v) is 2.99. The summed E-state index contributed by atoms with van der Waals surface area (Å²) in [6, 6.07) is 5.74. The molecule has 2 rings (SSSR count). The predicted molar refractivity (Wildman–Crippen MR) is 76.3 cm³/mol. The van der Waals surface area contributed by atoms with Gasteiger partial charge in [-0.1, -0.05) is 6.42 Å². The van der Waals surface area contributed by atoms with E-state index in [1.54, 1.807) is 14.2 Å². The Labute approximate surface area is 120 Å². The normalized spacial score (nSPS) is 21.6. The summed E-state index contributed by atoms with van der Waals surface area (Å²) in [5, 5.41) is 0. The van der Waals surface area contributed by atoms with Gasteiger partial charge in [-0.25, -0.2) is 0 Å². The first-order chi connectivity index (χ1) is 9.71. The Hall–Kier alpha value is -1.71. The number of hydrogen-bond acceptors (Lipinski definition) is 4. The van der Waals surface area contributed by atoms with E-state index in [4.69, 9.17) is 14.2 Å². The summed E-state index contributed by atoms with van der Waals surface area (Å²) in [5.74, 6) is 1.58. The van der Waals surface area contributed by atoms with Crippen LogP contribution in [-0.2, 0) is 9.53 Å². The zero-order valence-corrected chi connectivity index (χ0v) is 12.3. The topological polar surface area (TPSA) is 44.8 Å². The van der Waals surface area contributed by atoms with E-state index in [2.05, 4.69) is 0 Å². The number of carbonyl (C=O) groups is 1. The fraction of sp³-hybridized carbons (Fsp3) is 0.562. The summed E-state index contributed by atoms with van der Waals surface area (Å²) < 4.78 is 15.9. The molecule has 1 saturated carbocycles. The Kier molecular flexibility index (Phi) is 4.88. The summed E-state index contributed by atoms with van der Waals surface area (Å²) in [6.45, 7) is 2.27. The molecule has 1 aliphatic rings. The second-order valence-corrected chi connectivity index (χ2v) is 5.00. The third kappa shape index (κ3) is 2.89. The highest BCUT2D eigenvalue weighted by atomic mass is 16.5. The van der Waals surface area contributed by atoms with Crippen LogP contribution in [0.15, 0.2) is 18.2 Å². The van der Waals surface area contributed by atoms with Crippen LogP contribution >= 0.6 is 0 Å². The molecule has 0 aromatic heterocycles. The van der Waals surface area contributed by atoms with Crippen LogP contribution in [0.4, 0.5) is 0 Å². The Morgan fingerprint density at radius 2 is 2.05 bits per heavy atom. The molecule has 1 aromatic carbocycles. The van der Waals surface area contributed by atoms with E-state index in [0.29, 0.717) is 6.61 Å². The van der Waals surface area contributed by atoms with Crippen LogP contribution in [0.1, 0.15) is 37.7 Å². The minimum atomic E-state index is -0.0973. The van der Waals surface area contributed by atoms with E-state index in [9.17, 15) is 4.79 Å². The van der Waals surface area contributed by atoms with Crippen molar-refractivity contribution in [3.8, 4) is 11.5 Å². The number of esters is 1. The van der Waals surface area contributed by atoms with Crippen molar-refractivity contribution in [3.63, 3.8) is 0 Å². The zero-order valence-electron chi connectivity index (χ0n) is 12.3. The van der Waals surface area contributed by atoms with Crippen LogP contribution in [0.25, 0.3) is 0 Å². The molecular weight excluding hydrogens is 256 g/mol. The van der Waals surface area contributed by atoms with Gasteiger partial charge in [-0.05, 0) is 38.0 Å². The maximum Gasteiger partial charge on any atom is 0.309 e. The van der Waals surface area contributed by atoms with E-state index in [1.165, 1.54) is 0 Å². The van der Waals surface area contributed by atoms with Gasteiger partial charge in [0.15, 0.2) is 0 Å². The molecule has 1 aromatic rings. The summed E-state index contributed by atoms with van der Waals surface area (Å²) in [7, 11) is 3.29. The Bertz CT molecular complexity index is 470. The van der Waals surface area contributed by atoms with Crippen molar-refractivity contribution in [2.75, 3.05) is 20.8 Å². The lowest BCUT2D eigenvalue weighted by molar-refractivity contribution is -0.148. The van der Waals surface area contributed by atoms with Crippen molar-refractivity contribution in [1.82, 2.24) is 0 Å². The van der Waals surface area contributed by atoms with Crippen LogP contribution in [0.3, 0.4) is 0 Å². The third-order valence-electron chi connectivity index (χ3n) is 3.94. The maximum absolute atomic E-state index is 12.1. The summed E-state index contributed by atoms with van der Waals surface area (Å²) in [6.07, 6.45) is 2.89. The summed E-state index contributed by atoms with van der Waals surface area (Å²) in [5.41, 5.74) is 1.04. The van der Waals surface area contributed by atoms with E-state index in [1.807, 2.05) is 25.1 Å². The quantitative estimate of drug-likeness (QED) is 0.776. The molecule has 0 spiro atoms. The number of methoxy groups -OCH3 is 2. The molecule has 0 radical (unpaired) electrons. The smallest absolute Gasteiger partial charge is 0.309 e. The molecule has 0 saturated heterocycles. The first-order valence-corrected chi connectivity index (χ1v) is 7.09. The summed E-state index contributed by atoms with van der Waals surface area (Å²) in [4.78, 5) is 12.1. The Morgan fingerprint density at radius 3 is 2.70 bits per heavy atom. The van der Waals surface area contributed by atoms with Crippen molar-refractivity contribution < 1.29 is 19.0 Å². The lowest BCUT2D eigenvalue weighted by atomic mass is 9.88. The van der Waals surface area contributed by atoms with Crippen LogP contribution < -0.4 is 9.47 Å². The molecule has 2 atom stereocenters. The predicted octanol–water partition coefficient (Wildman–Crippen LogP) is 3.15. The molecule has 0 heterocycles. The third-order valence-corrected chi connectivity index (χ3v) is 3.94. The first-order valence-electron chi connectivity index (χ1n) is 7.09. The van der Waals surface area contributed by atoms with Crippen molar-refractivity contribution in [3.05, 3.63) is 23.8 Å². The van der Waals surface area contributed by atoms with Crippen molar-refractivity contribution in [2.45, 2.75) is 32.1 Å². The van der Waals surface area contributed by atoms with Gasteiger partial charge in [0.1, 0.15) is 11.5 Å². The highest BCUT2D eigenvalue weighted by Crippen LogP contribution is 2.44. The van der Waals surface area contributed by atoms with Gasteiger partial charge in [0, 0.05) is 11.5 Å². The van der Waals surface area contributed by atoms with Gasteiger partial charge in [-0.3, -0.25) is 4.79 Å². The zero-order chi connectivity index (χ0) is 14.5. The highest BCUT2D eigenvalue weighted by Gasteiger charge is 2.36.